The van der Waals surface area contributed by atoms with E-state index >= 15 is 0 Å². The van der Waals surface area contributed by atoms with E-state index in [0.29, 0.717) is 0 Å². The molecular formula is C13H24N4O. The molecule has 0 radical (unpaired) electrons. The van der Waals surface area contributed by atoms with Gasteiger partial charge in [0.1, 0.15) is 0 Å². The van der Waals surface area contributed by atoms with Gasteiger partial charge in [0.05, 0.1) is 12.4 Å². The first-order valence-corrected chi connectivity index (χ1v) is 6.55. The molecule has 3 unspecified atom stereocenters. The van der Waals surface area contributed by atoms with Gasteiger partial charge in [0.25, 0.3) is 0 Å². The van der Waals surface area contributed by atoms with E-state index in [4.69, 9.17) is 0 Å². The lowest BCUT2D eigenvalue weighted by Crippen LogP contribution is -2.48. The molecule has 102 valence electrons. The molecule has 0 saturated heterocycles. The van der Waals surface area contributed by atoms with Crippen molar-refractivity contribution in [3.8, 4) is 0 Å². The average Bonchev–Trinajstić information content (AvgIpc) is 2.81. The average molecular weight is 252 g/mol. The molecule has 3 atom stereocenters. The minimum Gasteiger partial charge on any atom is -0.352 e. The second-order valence-corrected chi connectivity index (χ2v) is 4.87. The molecule has 0 fully saturated rings. The Labute approximate surface area is 109 Å². The zero-order chi connectivity index (χ0) is 13.5. The number of carbonyl (C=O) groups excluding carboxylic acids is 1. The molecule has 0 aromatic carbocycles. The number of imidazole rings is 1. The number of nitrogens with zero attached hydrogens (tertiary/aromatic N) is 2. The van der Waals surface area contributed by atoms with Gasteiger partial charge >= 0.3 is 0 Å². The molecule has 18 heavy (non-hydrogen) atoms. The predicted octanol–water partition coefficient (Wildman–Crippen LogP) is 1.16. The van der Waals surface area contributed by atoms with E-state index in [2.05, 4.69) is 29.5 Å². The van der Waals surface area contributed by atoms with Crippen molar-refractivity contribution in [3.63, 3.8) is 0 Å². The van der Waals surface area contributed by atoms with Gasteiger partial charge in [-0.2, -0.15) is 0 Å². The summed E-state index contributed by atoms with van der Waals surface area (Å²) in [6, 6.07) is 0.264. The maximum absolute atomic E-state index is 11.9. The Balaban J connectivity index is 2.34. The summed E-state index contributed by atoms with van der Waals surface area (Å²) in [6.45, 7) is 8.83. The van der Waals surface area contributed by atoms with Crippen LogP contribution in [0.5, 0.6) is 0 Å². The number of aromatic nitrogens is 2. The molecule has 5 nitrogen and oxygen atoms in total. The zero-order valence-corrected chi connectivity index (χ0v) is 11.7. The second kappa shape index (κ2) is 7.16. The van der Waals surface area contributed by atoms with Crippen LogP contribution < -0.4 is 10.6 Å². The van der Waals surface area contributed by atoms with E-state index in [1.54, 1.807) is 12.5 Å². The highest BCUT2D eigenvalue weighted by molar-refractivity contribution is 5.81. The summed E-state index contributed by atoms with van der Waals surface area (Å²) in [5, 5.41) is 6.26. The van der Waals surface area contributed by atoms with Gasteiger partial charge in [-0.25, -0.2) is 4.98 Å². The number of amides is 1. The highest BCUT2D eigenvalue weighted by atomic mass is 16.2. The van der Waals surface area contributed by atoms with Gasteiger partial charge in [0, 0.05) is 31.0 Å². The molecule has 1 rings (SSSR count). The molecule has 0 bridgehead atoms. The van der Waals surface area contributed by atoms with Crippen molar-refractivity contribution in [2.24, 2.45) is 0 Å². The molecule has 1 aromatic rings. The van der Waals surface area contributed by atoms with E-state index in [0.717, 1.165) is 13.0 Å². The quantitative estimate of drug-likeness (QED) is 0.765. The van der Waals surface area contributed by atoms with Gasteiger partial charge in [-0.15, -0.1) is 0 Å². The van der Waals surface area contributed by atoms with Gasteiger partial charge in [-0.05, 0) is 27.2 Å². The molecule has 1 heterocycles. The summed E-state index contributed by atoms with van der Waals surface area (Å²) in [5.41, 5.74) is 0. The number of rotatable bonds is 7. The van der Waals surface area contributed by atoms with E-state index < -0.39 is 0 Å². The van der Waals surface area contributed by atoms with Gasteiger partial charge in [-0.3, -0.25) is 4.79 Å². The van der Waals surface area contributed by atoms with Gasteiger partial charge in [0.15, 0.2) is 0 Å². The molecule has 0 spiro atoms. The lowest BCUT2D eigenvalue weighted by molar-refractivity contribution is -0.123. The second-order valence-electron chi connectivity index (χ2n) is 4.87. The van der Waals surface area contributed by atoms with Crippen LogP contribution in [0.2, 0.25) is 0 Å². The topological polar surface area (TPSA) is 59.0 Å². The van der Waals surface area contributed by atoms with Gasteiger partial charge in [0.2, 0.25) is 5.91 Å². The first-order valence-electron chi connectivity index (χ1n) is 6.55. The van der Waals surface area contributed by atoms with Crippen molar-refractivity contribution in [2.75, 3.05) is 0 Å². The van der Waals surface area contributed by atoms with Gasteiger partial charge < -0.3 is 15.2 Å². The van der Waals surface area contributed by atoms with Crippen molar-refractivity contribution in [1.29, 1.82) is 0 Å². The fourth-order valence-electron chi connectivity index (χ4n) is 1.74. The highest BCUT2D eigenvalue weighted by Crippen LogP contribution is 1.96. The Morgan fingerprint density at radius 3 is 2.61 bits per heavy atom. The standard InChI is InChI=1S/C13H24N4O/c1-5-10(2)16-13(18)12(4)15-11(3)8-17-7-6-14-9-17/h6-7,9-12,15H,5,8H2,1-4H3,(H,16,18). The van der Waals surface area contributed by atoms with E-state index in [-0.39, 0.29) is 24.0 Å². The van der Waals surface area contributed by atoms with Crippen LogP contribution in [0.25, 0.3) is 0 Å². The number of hydrogen-bond donors (Lipinski definition) is 2. The van der Waals surface area contributed by atoms with Crippen molar-refractivity contribution >= 4 is 5.91 Å². The normalized spacial score (nSPS) is 16.0. The summed E-state index contributed by atoms with van der Waals surface area (Å²) in [5.74, 6) is 0.0573. The summed E-state index contributed by atoms with van der Waals surface area (Å²) in [4.78, 5) is 15.9. The fraction of sp³-hybridized carbons (Fsp3) is 0.692. The third-order valence-corrected chi connectivity index (χ3v) is 2.97. The first-order chi connectivity index (χ1) is 8.52. The monoisotopic (exact) mass is 252 g/mol. The lowest BCUT2D eigenvalue weighted by Gasteiger charge is -2.21. The van der Waals surface area contributed by atoms with Crippen LogP contribution in [-0.2, 0) is 11.3 Å². The SMILES string of the molecule is CCC(C)NC(=O)C(C)NC(C)Cn1ccnc1. The smallest absolute Gasteiger partial charge is 0.237 e. The summed E-state index contributed by atoms with van der Waals surface area (Å²) in [6.07, 6.45) is 6.40. The summed E-state index contributed by atoms with van der Waals surface area (Å²) in [7, 11) is 0. The predicted molar refractivity (Wildman–Crippen MR) is 72.2 cm³/mol. The lowest BCUT2D eigenvalue weighted by atomic mass is 10.2. The van der Waals surface area contributed by atoms with Crippen molar-refractivity contribution < 1.29 is 4.79 Å². The van der Waals surface area contributed by atoms with E-state index in [1.807, 2.05) is 24.6 Å². The third kappa shape index (κ3) is 4.87. The molecule has 1 aromatic heterocycles. The Morgan fingerprint density at radius 1 is 1.33 bits per heavy atom. The maximum Gasteiger partial charge on any atom is 0.237 e. The van der Waals surface area contributed by atoms with Crippen molar-refractivity contribution in [2.45, 2.75) is 58.8 Å². The minimum atomic E-state index is -0.183. The molecule has 0 aliphatic carbocycles. The third-order valence-electron chi connectivity index (χ3n) is 2.97. The molecule has 0 aliphatic heterocycles. The Hall–Kier alpha value is -1.36. The van der Waals surface area contributed by atoms with Crippen LogP contribution in [0.1, 0.15) is 34.1 Å². The molecule has 1 amide bonds. The molecule has 2 N–H and O–H groups in total. The minimum absolute atomic E-state index is 0.0573. The number of hydrogen-bond acceptors (Lipinski definition) is 3. The Bertz CT molecular complexity index is 350. The van der Waals surface area contributed by atoms with Gasteiger partial charge in [-0.1, -0.05) is 6.92 Å². The van der Waals surface area contributed by atoms with Crippen molar-refractivity contribution in [3.05, 3.63) is 18.7 Å². The van der Waals surface area contributed by atoms with Crippen LogP contribution in [0.15, 0.2) is 18.7 Å². The van der Waals surface area contributed by atoms with Crippen LogP contribution >= 0.6 is 0 Å². The maximum atomic E-state index is 11.9. The Morgan fingerprint density at radius 2 is 2.06 bits per heavy atom. The summed E-state index contributed by atoms with van der Waals surface area (Å²) >= 11 is 0. The van der Waals surface area contributed by atoms with E-state index in [1.165, 1.54) is 0 Å². The number of carbonyl (C=O) groups is 1. The molecule has 0 saturated carbocycles. The van der Waals surface area contributed by atoms with Crippen molar-refractivity contribution in [1.82, 2.24) is 20.2 Å². The summed E-state index contributed by atoms with van der Waals surface area (Å²) < 4.78 is 2.00. The van der Waals surface area contributed by atoms with E-state index in [9.17, 15) is 4.79 Å². The van der Waals surface area contributed by atoms with Crippen LogP contribution in [-0.4, -0.2) is 33.6 Å². The molecular weight excluding hydrogens is 228 g/mol. The zero-order valence-electron chi connectivity index (χ0n) is 11.7. The van der Waals surface area contributed by atoms with Crippen LogP contribution in [0, 0.1) is 0 Å². The highest BCUT2D eigenvalue weighted by Gasteiger charge is 2.16. The fourth-order valence-corrected chi connectivity index (χ4v) is 1.74. The Kier molecular flexibility index (Phi) is 5.85. The molecule has 5 heteroatoms. The molecule has 0 aliphatic rings. The number of nitrogens with one attached hydrogen (secondary N) is 2. The van der Waals surface area contributed by atoms with Crippen LogP contribution in [0.3, 0.4) is 0 Å². The largest absolute Gasteiger partial charge is 0.352 e. The first kappa shape index (κ1) is 14.7. The van der Waals surface area contributed by atoms with Crippen LogP contribution in [0.4, 0.5) is 0 Å².